The molecule has 0 bridgehead atoms. The van der Waals surface area contributed by atoms with Crippen molar-refractivity contribution in [3.05, 3.63) is 51.7 Å². The van der Waals surface area contributed by atoms with Crippen LogP contribution in [0.2, 0.25) is 0 Å². The number of anilines is 1. The summed E-state index contributed by atoms with van der Waals surface area (Å²) in [5.74, 6) is 1.04. The fourth-order valence-corrected chi connectivity index (χ4v) is 4.09. The number of imidazole rings is 1. The number of carbonyl (C=O) groups excluding carboxylic acids is 1. The average Bonchev–Trinajstić information content (AvgIpc) is 3.13. The number of amides is 1. The minimum Gasteiger partial charge on any atom is -0.486 e. The summed E-state index contributed by atoms with van der Waals surface area (Å²) < 4.78 is 15.0. The van der Waals surface area contributed by atoms with Crippen molar-refractivity contribution in [2.75, 3.05) is 24.3 Å². The van der Waals surface area contributed by atoms with Gasteiger partial charge < -0.3 is 19.4 Å². The summed E-state index contributed by atoms with van der Waals surface area (Å²) in [6.07, 6.45) is 1.63. The van der Waals surface area contributed by atoms with E-state index in [1.165, 1.54) is 23.4 Å². The Bertz CT molecular complexity index is 1310. The first-order valence-corrected chi connectivity index (χ1v) is 10.5. The van der Waals surface area contributed by atoms with Crippen LogP contribution in [0.25, 0.3) is 11.2 Å². The highest BCUT2D eigenvalue weighted by atomic mass is 32.2. The molecule has 3 heterocycles. The molecule has 1 aliphatic heterocycles. The highest BCUT2D eigenvalue weighted by molar-refractivity contribution is 7.99. The van der Waals surface area contributed by atoms with Gasteiger partial charge in [0, 0.05) is 32.4 Å². The van der Waals surface area contributed by atoms with Crippen LogP contribution in [0.1, 0.15) is 0 Å². The lowest BCUT2D eigenvalue weighted by Crippen LogP contribution is -2.37. The van der Waals surface area contributed by atoms with Crippen LogP contribution in [0.4, 0.5) is 5.69 Å². The number of hydrogen-bond donors (Lipinski definition) is 1. The molecule has 10 nitrogen and oxygen atoms in total. The van der Waals surface area contributed by atoms with Gasteiger partial charge in [0.25, 0.3) is 5.56 Å². The Kier molecular flexibility index (Phi) is 5.59. The molecule has 4 rings (SSSR count). The molecule has 0 radical (unpaired) electrons. The number of carbonyl (C=O) groups is 1. The van der Waals surface area contributed by atoms with Crippen LogP contribution < -0.4 is 26.0 Å². The number of aromatic nitrogens is 4. The number of nitrogens with zero attached hydrogens (tertiary/aromatic N) is 4. The maximum absolute atomic E-state index is 12.7. The van der Waals surface area contributed by atoms with Gasteiger partial charge in [0.1, 0.15) is 13.2 Å². The van der Waals surface area contributed by atoms with Crippen molar-refractivity contribution in [2.24, 2.45) is 14.1 Å². The van der Waals surface area contributed by atoms with E-state index >= 15 is 0 Å². The maximum Gasteiger partial charge on any atom is 0.332 e. The van der Waals surface area contributed by atoms with Gasteiger partial charge in [0.05, 0.1) is 5.75 Å². The lowest BCUT2D eigenvalue weighted by molar-refractivity contribution is -0.113. The Morgan fingerprint density at radius 1 is 1.23 bits per heavy atom. The van der Waals surface area contributed by atoms with Crippen molar-refractivity contribution in [3.63, 3.8) is 0 Å². The average molecular weight is 443 g/mol. The van der Waals surface area contributed by atoms with Crippen molar-refractivity contribution < 1.29 is 14.3 Å². The highest BCUT2D eigenvalue weighted by Crippen LogP contribution is 2.32. The monoisotopic (exact) mass is 443 g/mol. The molecular formula is C20H21N5O5S. The van der Waals surface area contributed by atoms with E-state index in [0.717, 1.165) is 4.57 Å². The van der Waals surface area contributed by atoms with Gasteiger partial charge in [0.15, 0.2) is 27.8 Å². The van der Waals surface area contributed by atoms with Crippen molar-refractivity contribution >= 4 is 34.5 Å². The fraction of sp³-hybridized carbons (Fsp3) is 0.300. The zero-order chi connectivity index (χ0) is 22.1. The number of allylic oxidation sites excluding steroid dienone is 1. The first kappa shape index (κ1) is 20.8. The first-order chi connectivity index (χ1) is 14.9. The molecule has 2 aromatic heterocycles. The van der Waals surface area contributed by atoms with Crippen molar-refractivity contribution in [1.29, 1.82) is 0 Å². The van der Waals surface area contributed by atoms with Gasteiger partial charge in [-0.3, -0.25) is 18.7 Å². The van der Waals surface area contributed by atoms with E-state index in [2.05, 4.69) is 16.9 Å². The normalized spacial score (nSPS) is 12.7. The van der Waals surface area contributed by atoms with E-state index in [-0.39, 0.29) is 17.3 Å². The molecule has 1 amide bonds. The molecule has 0 saturated heterocycles. The van der Waals surface area contributed by atoms with Crippen LogP contribution in [0.15, 0.2) is 45.6 Å². The van der Waals surface area contributed by atoms with Crippen LogP contribution in [0.5, 0.6) is 11.5 Å². The Balaban J connectivity index is 1.56. The lowest BCUT2D eigenvalue weighted by atomic mass is 10.2. The topological polar surface area (TPSA) is 109 Å². The molecule has 0 unspecified atom stereocenters. The van der Waals surface area contributed by atoms with Crippen LogP contribution in [-0.4, -0.2) is 43.6 Å². The Hall–Kier alpha value is -3.47. The number of benzene rings is 1. The molecule has 0 fully saturated rings. The SMILES string of the molecule is C=CCn1c(SCC(=O)Nc2ccc3c(c2)OCCO3)nc2c1c(=O)n(C)c(=O)n2C. The van der Waals surface area contributed by atoms with E-state index in [1.54, 1.807) is 35.9 Å². The Morgan fingerprint density at radius 2 is 1.97 bits per heavy atom. The largest absolute Gasteiger partial charge is 0.486 e. The van der Waals surface area contributed by atoms with Crippen LogP contribution >= 0.6 is 11.8 Å². The molecule has 1 aliphatic rings. The quantitative estimate of drug-likeness (QED) is 0.449. The van der Waals surface area contributed by atoms with Crippen LogP contribution in [-0.2, 0) is 25.4 Å². The van der Waals surface area contributed by atoms with Gasteiger partial charge in [-0.2, -0.15) is 0 Å². The molecule has 1 aromatic carbocycles. The predicted molar refractivity (Wildman–Crippen MR) is 117 cm³/mol. The van der Waals surface area contributed by atoms with E-state index < -0.39 is 11.2 Å². The highest BCUT2D eigenvalue weighted by Gasteiger charge is 2.20. The molecule has 0 spiro atoms. The van der Waals surface area contributed by atoms with E-state index in [1.807, 2.05) is 0 Å². The Morgan fingerprint density at radius 3 is 2.71 bits per heavy atom. The summed E-state index contributed by atoms with van der Waals surface area (Å²) in [7, 11) is 2.97. The summed E-state index contributed by atoms with van der Waals surface area (Å²) in [5.41, 5.74) is 0.239. The van der Waals surface area contributed by atoms with Crippen LogP contribution in [0, 0.1) is 0 Å². The van der Waals surface area contributed by atoms with Crippen LogP contribution in [0.3, 0.4) is 0 Å². The summed E-state index contributed by atoms with van der Waals surface area (Å²) in [6.45, 7) is 5.00. The van der Waals surface area contributed by atoms with Gasteiger partial charge in [-0.25, -0.2) is 9.78 Å². The summed E-state index contributed by atoms with van der Waals surface area (Å²) in [4.78, 5) is 41.8. The first-order valence-electron chi connectivity index (χ1n) is 9.50. The molecule has 1 N–H and O–H groups in total. The number of fused-ring (bicyclic) bond motifs is 2. The van der Waals surface area contributed by atoms with Gasteiger partial charge in [0.2, 0.25) is 5.91 Å². The lowest BCUT2D eigenvalue weighted by Gasteiger charge is -2.19. The smallest absolute Gasteiger partial charge is 0.332 e. The van der Waals surface area contributed by atoms with Gasteiger partial charge >= 0.3 is 5.69 Å². The number of thioether (sulfide) groups is 1. The third kappa shape index (κ3) is 3.83. The third-order valence-corrected chi connectivity index (χ3v) is 5.76. The van der Waals surface area contributed by atoms with Crippen molar-refractivity contribution in [3.8, 4) is 11.5 Å². The second kappa shape index (κ2) is 8.34. The third-order valence-electron chi connectivity index (χ3n) is 4.78. The number of ether oxygens (including phenoxy) is 2. The molecular weight excluding hydrogens is 422 g/mol. The number of aryl methyl sites for hydroxylation is 1. The zero-order valence-corrected chi connectivity index (χ0v) is 17.9. The molecule has 0 aliphatic carbocycles. The number of nitrogens with one attached hydrogen (secondary N) is 1. The molecule has 0 saturated carbocycles. The maximum atomic E-state index is 12.7. The Labute approximate surface area is 181 Å². The molecule has 11 heteroatoms. The summed E-state index contributed by atoms with van der Waals surface area (Å²) in [5, 5.41) is 3.26. The fourth-order valence-electron chi connectivity index (χ4n) is 3.28. The summed E-state index contributed by atoms with van der Waals surface area (Å²) in [6, 6.07) is 5.20. The van der Waals surface area contributed by atoms with E-state index in [0.29, 0.717) is 47.6 Å². The van der Waals surface area contributed by atoms with E-state index in [9.17, 15) is 14.4 Å². The van der Waals surface area contributed by atoms with Gasteiger partial charge in [-0.05, 0) is 12.1 Å². The van der Waals surface area contributed by atoms with Gasteiger partial charge in [-0.15, -0.1) is 6.58 Å². The predicted octanol–water partition coefficient (Wildman–Crippen LogP) is 1.12. The standard InChI is InChI=1S/C20H21N5O5S/c1-4-7-25-16-17(23(2)20(28)24(3)18(16)27)22-19(25)31-11-15(26)21-12-5-6-13-14(10-12)30-9-8-29-13/h4-6,10H,1,7-9,11H2,2-3H3,(H,21,26). The van der Waals surface area contributed by atoms with Crippen molar-refractivity contribution in [2.45, 2.75) is 11.7 Å². The molecule has 162 valence electrons. The van der Waals surface area contributed by atoms with E-state index in [4.69, 9.17) is 9.47 Å². The minimum absolute atomic E-state index is 0.0587. The zero-order valence-electron chi connectivity index (χ0n) is 17.1. The van der Waals surface area contributed by atoms with Gasteiger partial charge in [-0.1, -0.05) is 17.8 Å². The second-order valence-corrected chi connectivity index (χ2v) is 7.81. The number of hydrogen-bond acceptors (Lipinski definition) is 7. The molecule has 31 heavy (non-hydrogen) atoms. The second-order valence-electron chi connectivity index (χ2n) is 6.87. The number of rotatable bonds is 6. The van der Waals surface area contributed by atoms with Crippen molar-refractivity contribution in [1.82, 2.24) is 18.7 Å². The minimum atomic E-state index is -0.464. The summed E-state index contributed by atoms with van der Waals surface area (Å²) >= 11 is 1.17. The molecule has 3 aromatic rings. The molecule has 0 atom stereocenters.